The lowest BCUT2D eigenvalue weighted by Crippen LogP contribution is -2.54. The SMILES string of the molecule is C=C[C@@H](O)[C@H](OCc1ccccc1)[C@@H](OCc1ccccc1)[C@H](OCc1ccccc1)[C@@H](COCc1ccccc1)OC(=O)C(C)(C)C. The summed E-state index contributed by atoms with van der Waals surface area (Å²) < 4.78 is 32.2. The van der Waals surface area contributed by atoms with Gasteiger partial charge in [-0.1, -0.05) is 127 Å². The highest BCUT2D eigenvalue weighted by atomic mass is 16.6. The number of aliphatic hydroxyl groups is 1. The first-order valence-electron chi connectivity index (χ1n) is 16.3. The Kier molecular flexibility index (Phi) is 14.6. The molecule has 0 fully saturated rings. The second-order valence-corrected chi connectivity index (χ2v) is 12.7. The zero-order chi connectivity index (χ0) is 34.2. The van der Waals surface area contributed by atoms with Gasteiger partial charge in [0.2, 0.25) is 0 Å². The number of carbonyl (C=O) groups is 1. The summed E-state index contributed by atoms with van der Waals surface area (Å²) in [5, 5.41) is 11.4. The number of carbonyl (C=O) groups excluding carboxylic acids is 1. The number of ether oxygens (including phenoxy) is 5. The van der Waals surface area contributed by atoms with Crippen LogP contribution in [0.15, 0.2) is 134 Å². The lowest BCUT2D eigenvalue weighted by molar-refractivity contribution is -0.214. The quantitative estimate of drug-likeness (QED) is 0.0832. The molecule has 0 heterocycles. The zero-order valence-electron chi connectivity index (χ0n) is 28.2. The Labute approximate surface area is 285 Å². The fourth-order valence-corrected chi connectivity index (χ4v) is 4.99. The molecule has 0 aliphatic heterocycles. The van der Waals surface area contributed by atoms with Crippen LogP contribution in [0.1, 0.15) is 43.0 Å². The predicted octanol–water partition coefficient (Wildman–Crippen LogP) is 7.46. The van der Waals surface area contributed by atoms with Crippen molar-refractivity contribution in [3.05, 3.63) is 156 Å². The molecule has 4 rings (SSSR count). The van der Waals surface area contributed by atoms with Gasteiger partial charge in [0.25, 0.3) is 0 Å². The van der Waals surface area contributed by atoms with E-state index in [2.05, 4.69) is 6.58 Å². The van der Waals surface area contributed by atoms with Crippen LogP contribution >= 0.6 is 0 Å². The van der Waals surface area contributed by atoms with Crippen LogP contribution in [0.4, 0.5) is 0 Å². The van der Waals surface area contributed by atoms with Gasteiger partial charge in [-0.25, -0.2) is 0 Å². The van der Waals surface area contributed by atoms with E-state index in [1.54, 1.807) is 20.8 Å². The molecule has 0 saturated heterocycles. The Morgan fingerprint density at radius 3 is 1.40 bits per heavy atom. The van der Waals surface area contributed by atoms with E-state index in [0.717, 1.165) is 22.3 Å². The van der Waals surface area contributed by atoms with Crippen LogP contribution in [-0.2, 0) is 54.9 Å². The Hall–Kier alpha value is -4.11. The summed E-state index contributed by atoms with van der Waals surface area (Å²) in [6, 6.07) is 38.9. The Morgan fingerprint density at radius 2 is 1.00 bits per heavy atom. The lowest BCUT2D eigenvalue weighted by Gasteiger charge is -2.39. The van der Waals surface area contributed by atoms with Crippen molar-refractivity contribution in [1.82, 2.24) is 0 Å². The van der Waals surface area contributed by atoms with Crippen molar-refractivity contribution < 1.29 is 33.6 Å². The summed E-state index contributed by atoms with van der Waals surface area (Å²) in [4.78, 5) is 13.5. The minimum atomic E-state index is -1.14. The molecule has 0 bridgehead atoms. The highest BCUT2D eigenvalue weighted by Crippen LogP contribution is 2.27. The van der Waals surface area contributed by atoms with Crippen molar-refractivity contribution in [2.45, 2.75) is 77.7 Å². The van der Waals surface area contributed by atoms with Crippen LogP contribution < -0.4 is 0 Å². The summed E-state index contributed by atoms with van der Waals surface area (Å²) >= 11 is 0. The topological polar surface area (TPSA) is 83.5 Å². The van der Waals surface area contributed by atoms with Crippen molar-refractivity contribution in [2.75, 3.05) is 6.61 Å². The molecule has 4 aromatic carbocycles. The predicted molar refractivity (Wildman–Crippen MR) is 187 cm³/mol. The Bertz CT molecular complexity index is 1470. The van der Waals surface area contributed by atoms with E-state index < -0.39 is 41.9 Å². The summed E-state index contributed by atoms with van der Waals surface area (Å²) in [5.74, 6) is -0.419. The van der Waals surface area contributed by atoms with Crippen molar-refractivity contribution in [2.24, 2.45) is 5.41 Å². The van der Waals surface area contributed by atoms with Gasteiger partial charge in [-0.3, -0.25) is 4.79 Å². The normalized spacial score (nSPS) is 14.8. The monoisotopic (exact) mass is 652 g/mol. The fourth-order valence-electron chi connectivity index (χ4n) is 4.99. The number of hydrogen-bond acceptors (Lipinski definition) is 7. The van der Waals surface area contributed by atoms with E-state index in [4.69, 9.17) is 23.7 Å². The summed E-state index contributed by atoms with van der Waals surface area (Å²) in [7, 11) is 0. The molecule has 0 amide bonds. The number of rotatable bonds is 19. The van der Waals surface area contributed by atoms with Gasteiger partial charge in [0, 0.05) is 0 Å². The molecule has 0 spiro atoms. The zero-order valence-corrected chi connectivity index (χ0v) is 28.2. The van der Waals surface area contributed by atoms with Gasteiger partial charge in [0.1, 0.15) is 24.4 Å². The molecular weight excluding hydrogens is 604 g/mol. The fraction of sp³-hybridized carbons (Fsp3) is 0.341. The van der Waals surface area contributed by atoms with Crippen LogP contribution in [0.2, 0.25) is 0 Å². The van der Waals surface area contributed by atoms with E-state index in [9.17, 15) is 9.90 Å². The molecule has 48 heavy (non-hydrogen) atoms. The summed E-state index contributed by atoms with van der Waals surface area (Å²) in [5.41, 5.74) is 2.93. The molecule has 0 aliphatic carbocycles. The van der Waals surface area contributed by atoms with Crippen molar-refractivity contribution >= 4 is 5.97 Å². The molecule has 7 heteroatoms. The largest absolute Gasteiger partial charge is 0.457 e. The van der Waals surface area contributed by atoms with Crippen LogP contribution in [0, 0.1) is 5.41 Å². The van der Waals surface area contributed by atoms with Crippen LogP contribution in [-0.4, -0.2) is 48.2 Å². The third-order valence-electron chi connectivity index (χ3n) is 7.71. The standard InChI is InChI=1S/C41H48O7/c1-5-35(42)37(45-27-32-20-12-7-13-21-32)39(47-29-34-24-16-9-17-25-34)38(46-28-33-22-14-8-15-23-33)36(48-40(43)41(2,3)4)30-44-26-31-18-10-6-11-19-31/h5-25,35-39,42H,1,26-30H2,2-4H3/t35-,36-,37+,38-,39-/m1/s1. The average molecular weight is 653 g/mol. The van der Waals surface area contributed by atoms with Gasteiger partial charge >= 0.3 is 5.97 Å². The number of aliphatic hydroxyl groups excluding tert-OH is 1. The van der Waals surface area contributed by atoms with Crippen molar-refractivity contribution in [3.63, 3.8) is 0 Å². The van der Waals surface area contributed by atoms with Crippen LogP contribution in [0.5, 0.6) is 0 Å². The van der Waals surface area contributed by atoms with Crippen molar-refractivity contribution in [3.8, 4) is 0 Å². The maximum atomic E-state index is 13.5. The van der Waals surface area contributed by atoms with E-state index in [1.165, 1.54) is 6.08 Å². The molecule has 0 saturated carbocycles. The summed E-state index contributed by atoms with van der Waals surface area (Å²) in [6.07, 6.45) is -3.44. The minimum Gasteiger partial charge on any atom is -0.457 e. The molecule has 0 aliphatic rings. The third-order valence-corrected chi connectivity index (χ3v) is 7.71. The second-order valence-electron chi connectivity index (χ2n) is 12.7. The third kappa shape index (κ3) is 11.8. The van der Waals surface area contributed by atoms with E-state index in [1.807, 2.05) is 121 Å². The number of benzene rings is 4. The van der Waals surface area contributed by atoms with E-state index >= 15 is 0 Å². The maximum absolute atomic E-state index is 13.5. The second kappa shape index (κ2) is 19.0. The maximum Gasteiger partial charge on any atom is 0.311 e. The van der Waals surface area contributed by atoms with E-state index in [0.29, 0.717) is 6.61 Å². The van der Waals surface area contributed by atoms with E-state index in [-0.39, 0.29) is 26.4 Å². The van der Waals surface area contributed by atoms with Gasteiger partial charge in [-0.15, -0.1) is 6.58 Å². The van der Waals surface area contributed by atoms with Crippen LogP contribution in [0.25, 0.3) is 0 Å². The molecule has 254 valence electrons. The molecule has 5 atom stereocenters. The molecular formula is C41H48O7. The minimum absolute atomic E-state index is 0.0109. The van der Waals surface area contributed by atoms with Gasteiger partial charge < -0.3 is 28.8 Å². The average Bonchev–Trinajstić information content (AvgIpc) is 3.11. The molecule has 0 unspecified atom stereocenters. The van der Waals surface area contributed by atoms with Gasteiger partial charge in [-0.05, 0) is 43.0 Å². The number of esters is 1. The lowest BCUT2D eigenvalue weighted by atomic mass is 9.95. The molecule has 4 aromatic rings. The summed E-state index contributed by atoms with van der Waals surface area (Å²) in [6.45, 7) is 10.1. The van der Waals surface area contributed by atoms with Gasteiger partial charge in [-0.2, -0.15) is 0 Å². The smallest absolute Gasteiger partial charge is 0.311 e. The number of hydrogen-bond donors (Lipinski definition) is 1. The molecule has 1 N–H and O–H groups in total. The first-order chi connectivity index (χ1) is 23.2. The first kappa shape index (κ1) is 36.7. The molecule has 0 radical (unpaired) electrons. The van der Waals surface area contributed by atoms with Crippen molar-refractivity contribution in [1.29, 1.82) is 0 Å². The van der Waals surface area contributed by atoms with Crippen LogP contribution in [0.3, 0.4) is 0 Å². The highest BCUT2D eigenvalue weighted by Gasteiger charge is 2.43. The molecule has 0 aromatic heterocycles. The van der Waals surface area contributed by atoms with Gasteiger partial charge in [0.15, 0.2) is 6.10 Å². The first-order valence-corrected chi connectivity index (χ1v) is 16.3. The Balaban J connectivity index is 1.74. The molecule has 7 nitrogen and oxygen atoms in total. The van der Waals surface area contributed by atoms with Gasteiger partial charge in [0.05, 0.1) is 38.4 Å². The Morgan fingerprint density at radius 1 is 0.625 bits per heavy atom. The highest BCUT2D eigenvalue weighted by molar-refractivity contribution is 5.75.